The minimum atomic E-state index is -3.84. The summed E-state index contributed by atoms with van der Waals surface area (Å²) in [5.41, 5.74) is 0. The molecule has 0 spiro atoms. The zero-order valence-electron chi connectivity index (χ0n) is 9.91. The number of ether oxygens (including phenoxy) is 1. The molecule has 1 aromatic heterocycles. The smallest absolute Gasteiger partial charge is 0.296 e. The molecule has 2 heterocycles. The van der Waals surface area contributed by atoms with Crippen molar-refractivity contribution in [2.45, 2.75) is 49.4 Å². The minimum absolute atomic E-state index is 0.0394. The first-order valence-electron chi connectivity index (χ1n) is 5.99. The van der Waals surface area contributed by atoms with E-state index in [4.69, 9.17) is 15.4 Å². The van der Waals surface area contributed by atoms with Gasteiger partial charge in [0.15, 0.2) is 0 Å². The summed E-state index contributed by atoms with van der Waals surface area (Å²) < 4.78 is 30.2. The molecule has 1 saturated carbocycles. The van der Waals surface area contributed by atoms with Crippen molar-refractivity contribution >= 4 is 19.7 Å². The van der Waals surface area contributed by atoms with Gasteiger partial charge in [-0.2, -0.15) is 0 Å². The van der Waals surface area contributed by atoms with E-state index in [0.717, 1.165) is 19.3 Å². The van der Waals surface area contributed by atoms with Crippen LogP contribution in [0.25, 0.3) is 0 Å². The van der Waals surface area contributed by atoms with E-state index >= 15 is 0 Å². The maximum Gasteiger partial charge on any atom is 0.296 e. The van der Waals surface area contributed by atoms with Gasteiger partial charge in [-0.1, -0.05) is 0 Å². The van der Waals surface area contributed by atoms with Gasteiger partial charge in [-0.15, -0.1) is 10.2 Å². The Morgan fingerprint density at radius 1 is 1.33 bits per heavy atom. The molecule has 6 nitrogen and oxygen atoms in total. The van der Waals surface area contributed by atoms with E-state index < -0.39 is 9.05 Å². The molecule has 0 aromatic carbocycles. The topological polar surface area (TPSA) is 74.1 Å². The summed E-state index contributed by atoms with van der Waals surface area (Å²) in [5.74, 6) is 0.798. The van der Waals surface area contributed by atoms with Gasteiger partial charge in [0.2, 0.25) is 0 Å². The number of hydrogen-bond acceptors (Lipinski definition) is 5. The molecule has 1 aromatic rings. The van der Waals surface area contributed by atoms with E-state index in [1.807, 2.05) is 6.92 Å². The Morgan fingerprint density at radius 2 is 2.06 bits per heavy atom. The van der Waals surface area contributed by atoms with E-state index in [1.54, 1.807) is 4.57 Å². The predicted octanol–water partition coefficient (Wildman–Crippen LogP) is 1.43. The first-order chi connectivity index (χ1) is 8.48. The van der Waals surface area contributed by atoms with Crippen LogP contribution in [0.5, 0.6) is 0 Å². The molecule has 2 fully saturated rings. The maximum atomic E-state index is 11.5. The van der Waals surface area contributed by atoms with Crippen molar-refractivity contribution in [3.8, 4) is 0 Å². The predicted molar refractivity (Wildman–Crippen MR) is 64.1 cm³/mol. The molecule has 1 aliphatic heterocycles. The molecule has 100 valence electrons. The molecular formula is C10H14ClN3O3S. The van der Waals surface area contributed by atoms with Crippen LogP contribution < -0.4 is 0 Å². The molecule has 0 amide bonds. The van der Waals surface area contributed by atoms with Crippen LogP contribution >= 0.6 is 10.7 Å². The Kier molecular flexibility index (Phi) is 2.87. The largest absolute Gasteiger partial charge is 0.378 e. The summed E-state index contributed by atoms with van der Waals surface area (Å²) in [6.45, 7) is 2.64. The van der Waals surface area contributed by atoms with Crippen LogP contribution in [0, 0.1) is 0 Å². The summed E-state index contributed by atoms with van der Waals surface area (Å²) in [6, 6.07) is 0.173. The van der Waals surface area contributed by atoms with Crippen LogP contribution in [0.1, 0.15) is 44.0 Å². The van der Waals surface area contributed by atoms with Crippen molar-refractivity contribution in [2.75, 3.05) is 6.61 Å². The third-order valence-electron chi connectivity index (χ3n) is 3.53. The molecule has 2 unspecified atom stereocenters. The highest BCUT2D eigenvalue weighted by atomic mass is 35.7. The second kappa shape index (κ2) is 4.18. The van der Waals surface area contributed by atoms with Crippen LogP contribution in [-0.2, 0) is 13.8 Å². The van der Waals surface area contributed by atoms with E-state index in [-0.39, 0.29) is 23.2 Å². The highest BCUT2D eigenvalue weighted by Gasteiger charge is 2.38. The van der Waals surface area contributed by atoms with Gasteiger partial charge in [0, 0.05) is 29.2 Å². The first-order valence-corrected chi connectivity index (χ1v) is 8.30. The summed E-state index contributed by atoms with van der Waals surface area (Å²) in [4.78, 5) is 0. The average molecular weight is 292 g/mol. The Balaban J connectivity index is 2.07. The number of nitrogens with zero attached hydrogens (tertiary/aromatic N) is 3. The fourth-order valence-corrected chi connectivity index (χ4v) is 3.39. The lowest BCUT2D eigenvalue weighted by atomic mass is 10.0. The van der Waals surface area contributed by atoms with E-state index in [2.05, 4.69) is 10.2 Å². The Labute approximate surface area is 110 Å². The molecule has 0 bridgehead atoms. The average Bonchev–Trinajstić information content (AvgIpc) is 2.86. The van der Waals surface area contributed by atoms with Gasteiger partial charge >= 0.3 is 0 Å². The molecule has 0 N–H and O–H groups in total. The van der Waals surface area contributed by atoms with Gasteiger partial charge < -0.3 is 4.74 Å². The fourth-order valence-electron chi connectivity index (χ4n) is 2.45. The fraction of sp³-hybridized carbons (Fsp3) is 0.800. The van der Waals surface area contributed by atoms with Crippen molar-refractivity contribution in [2.24, 2.45) is 0 Å². The molecule has 0 radical (unpaired) electrons. The van der Waals surface area contributed by atoms with Crippen molar-refractivity contribution in [3.05, 3.63) is 5.82 Å². The molecular weight excluding hydrogens is 278 g/mol. The number of hydrogen-bond donors (Lipinski definition) is 0. The number of halogens is 1. The van der Waals surface area contributed by atoms with Gasteiger partial charge in [0.05, 0.1) is 6.10 Å². The van der Waals surface area contributed by atoms with Crippen LogP contribution in [0.4, 0.5) is 0 Å². The summed E-state index contributed by atoms with van der Waals surface area (Å²) >= 11 is 0. The minimum Gasteiger partial charge on any atom is -0.378 e. The second-order valence-corrected chi connectivity index (χ2v) is 7.31. The van der Waals surface area contributed by atoms with E-state index in [1.165, 1.54) is 0 Å². The summed E-state index contributed by atoms with van der Waals surface area (Å²) in [5, 5.41) is 7.69. The highest BCUT2D eigenvalue weighted by Crippen LogP contribution is 2.41. The van der Waals surface area contributed by atoms with Gasteiger partial charge in [-0.05, 0) is 26.2 Å². The molecule has 2 aliphatic rings. The Bertz CT molecular complexity index is 567. The monoisotopic (exact) mass is 291 g/mol. The molecule has 2 atom stereocenters. The quantitative estimate of drug-likeness (QED) is 0.788. The SMILES string of the molecule is CC1OCCC1c1nnc(S(=O)(=O)Cl)n1C1CC1. The zero-order valence-corrected chi connectivity index (χ0v) is 11.5. The third kappa shape index (κ3) is 2.04. The summed E-state index contributed by atoms with van der Waals surface area (Å²) in [7, 11) is 1.57. The van der Waals surface area contributed by atoms with Crippen LogP contribution in [-0.4, -0.2) is 35.9 Å². The molecule has 1 saturated heterocycles. The lowest BCUT2D eigenvalue weighted by Gasteiger charge is -2.15. The van der Waals surface area contributed by atoms with Crippen LogP contribution in [0.3, 0.4) is 0 Å². The number of rotatable bonds is 3. The number of aromatic nitrogens is 3. The zero-order chi connectivity index (χ0) is 12.9. The van der Waals surface area contributed by atoms with E-state index in [0.29, 0.717) is 12.4 Å². The lowest BCUT2D eigenvalue weighted by Crippen LogP contribution is -2.16. The van der Waals surface area contributed by atoms with Gasteiger partial charge in [0.25, 0.3) is 14.2 Å². The first kappa shape index (κ1) is 12.4. The molecule has 3 rings (SSSR count). The van der Waals surface area contributed by atoms with Crippen molar-refractivity contribution in [1.82, 2.24) is 14.8 Å². The van der Waals surface area contributed by atoms with Gasteiger partial charge in [-0.3, -0.25) is 4.57 Å². The standard InChI is InChI=1S/C10H14ClN3O3S/c1-6-8(4-5-17-6)9-12-13-10(18(11,15)16)14(9)7-2-3-7/h6-8H,2-5H2,1H3. The van der Waals surface area contributed by atoms with E-state index in [9.17, 15) is 8.42 Å². The van der Waals surface area contributed by atoms with Crippen LogP contribution in [0.2, 0.25) is 0 Å². The highest BCUT2D eigenvalue weighted by molar-refractivity contribution is 8.13. The molecule has 18 heavy (non-hydrogen) atoms. The van der Waals surface area contributed by atoms with Crippen LogP contribution in [0.15, 0.2) is 5.16 Å². The normalized spacial score (nSPS) is 28.8. The summed E-state index contributed by atoms with van der Waals surface area (Å²) in [6.07, 6.45) is 2.78. The Hall–Kier alpha value is -0.660. The molecule has 8 heteroatoms. The van der Waals surface area contributed by atoms with Crippen molar-refractivity contribution < 1.29 is 13.2 Å². The Morgan fingerprint density at radius 3 is 2.56 bits per heavy atom. The maximum absolute atomic E-state index is 11.5. The van der Waals surface area contributed by atoms with Gasteiger partial charge in [-0.25, -0.2) is 8.42 Å². The third-order valence-corrected chi connectivity index (χ3v) is 4.66. The van der Waals surface area contributed by atoms with Gasteiger partial charge in [0.1, 0.15) is 5.82 Å². The van der Waals surface area contributed by atoms with Crippen molar-refractivity contribution in [1.29, 1.82) is 0 Å². The second-order valence-electron chi connectivity index (χ2n) is 4.85. The molecule has 1 aliphatic carbocycles. The van der Waals surface area contributed by atoms with Crippen molar-refractivity contribution in [3.63, 3.8) is 0 Å². The lowest BCUT2D eigenvalue weighted by molar-refractivity contribution is 0.116.